The largest absolute Gasteiger partial charge is 0.573 e. The van der Waals surface area contributed by atoms with Crippen LogP contribution in [-0.2, 0) is 20.4 Å². The van der Waals surface area contributed by atoms with Crippen molar-refractivity contribution in [1.29, 1.82) is 0 Å². The van der Waals surface area contributed by atoms with E-state index in [2.05, 4.69) is 11.3 Å². The molecule has 2 aromatic rings. The van der Waals surface area contributed by atoms with E-state index in [1.807, 2.05) is 44.2 Å². The molecule has 2 aliphatic heterocycles. The molecule has 4 rings (SSSR count). The van der Waals surface area contributed by atoms with Crippen LogP contribution in [-0.4, -0.2) is 31.7 Å². The summed E-state index contributed by atoms with van der Waals surface area (Å²) in [7, 11) is -3.95. The molecule has 3 unspecified atom stereocenters. The zero-order valence-corrected chi connectivity index (χ0v) is 21.9. The Labute approximate surface area is 219 Å². The van der Waals surface area contributed by atoms with Gasteiger partial charge in [0.1, 0.15) is 11.9 Å². The molecule has 2 aliphatic rings. The van der Waals surface area contributed by atoms with E-state index in [1.54, 1.807) is 12.2 Å². The quantitative estimate of drug-likeness (QED) is 0.362. The normalized spacial score (nSPS) is 25.2. The minimum atomic E-state index is -4.85. The molecule has 0 aromatic heterocycles. The number of fused-ring (bicyclic) bond motifs is 2. The second-order valence-corrected chi connectivity index (χ2v) is 11.5. The minimum absolute atomic E-state index is 0.0992. The Hall–Kier alpha value is -2.59. The van der Waals surface area contributed by atoms with Crippen LogP contribution in [0.4, 0.5) is 13.2 Å². The van der Waals surface area contributed by atoms with Crippen molar-refractivity contribution in [3.8, 4) is 5.75 Å². The number of sulfonamides is 1. The number of hydrogen-bond acceptors (Lipinski definition) is 4. The lowest BCUT2D eigenvalue weighted by Crippen LogP contribution is -2.50. The van der Waals surface area contributed by atoms with Crippen LogP contribution in [0.5, 0.6) is 5.75 Å². The molecule has 5 nitrogen and oxygen atoms in total. The van der Waals surface area contributed by atoms with E-state index >= 15 is 0 Å². The van der Waals surface area contributed by atoms with Crippen molar-refractivity contribution < 1.29 is 31.1 Å². The third kappa shape index (κ3) is 5.65. The molecule has 1 spiro atoms. The van der Waals surface area contributed by atoms with Gasteiger partial charge in [-0.1, -0.05) is 48.5 Å². The minimum Gasteiger partial charge on any atom is -0.406 e. The summed E-state index contributed by atoms with van der Waals surface area (Å²) in [5.41, 5.74) is 2.27. The van der Waals surface area contributed by atoms with Crippen LogP contribution >= 0.6 is 11.6 Å². The Morgan fingerprint density at radius 1 is 1.22 bits per heavy atom. The molecule has 198 valence electrons. The second kappa shape index (κ2) is 10.3. The van der Waals surface area contributed by atoms with Crippen molar-refractivity contribution in [2.75, 3.05) is 6.54 Å². The predicted molar refractivity (Wildman–Crippen MR) is 136 cm³/mol. The number of allylic oxidation sites excluding steroid dienone is 4. The first kappa shape index (κ1) is 27.4. The number of ether oxygens (including phenoxy) is 2. The summed E-state index contributed by atoms with van der Waals surface area (Å²) in [5, 5.41) is 0.524. The van der Waals surface area contributed by atoms with E-state index in [4.69, 9.17) is 16.3 Å². The molecule has 1 saturated heterocycles. The molecule has 1 fully saturated rings. The number of alkyl halides is 3. The van der Waals surface area contributed by atoms with Crippen LogP contribution in [0.3, 0.4) is 0 Å². The summed E-state index contributed by atoms with van der Waals surface area (Å²) >= 11 is 6.27. The zero-order valence-electron chi connectivity index (χ0n) is 20.3. The summed E-state index contributed by atoms with van der Waals surface area (Å²) in [5.74, 6) is -0.481. The first-order valence-corrected chi connectivity index (χ1v) is 13.5. The van der Waals surface area contributed by atoms with Crippen LogP contribution in [0.15, 0.2) is 88.8 Å². The maximum absolute atomic E-state index is 13.4. The maximum Gasteiger partial charge on any atom is 0.573 e. The Morgan fingerprint density at radius 2 is 1.89 bits per heavy atom. The molecular weight excluding hydrogens is 527 g/mol. The van der Waals surface area contributed by atoms with Gasteiger partial charge in [0.2, 0.25) is 10.0 Å². The van der Waals surface area contributed by atoms with E-state index in [9.17, 15) is 21.6 Å². The molecule has 0 N–H and O–H groups in total. The topological polar surface area (TPSA) is 55.8 Å². The molecular formula is C27H27ClF3NO4S. The van der Waals surface area contributed by atoms with Gasteiger partial charge in [-0.05, 0) is 79.8 Å². The van der Waals surface area contributed by atoms with Gasteiger partial charge < -0.3 is 9.47 Å². The van der Waals surface area contributed by atoms with Gasteiger partial charge in [-0.15, -0.1) is 13.2 Å². The molecule has 0 amide bonds. The van der Waals surface area contributed by atoms with Crippen molar-refractivity contribution in [2.45, 2.75) is 55.7 Å². The van der Waals surface area contributed by atoms with Crippen LogP contribution in [0.2, 0.25) is 0 Å². The average molecular weight is 554 g/mol. The van der Waals surface area contributed by atoms with Crippen LogP contribution in [0, 0.1) is 0 Å². The van der Waals surface area contributed by atoms with Crippen molar-refractivity contribution in [1.82, 2.24) is 4.31 Å². The predicted octanol–water partition coefficient (Wildman–Crippen LogP) is 6.98. The molecule has 10 heteroatoms. The van der Waals surface area contributed by atoms with Crippen molar-refractivity contribution in [2.24, 2.45) is 0 Å². The standard InChI is InChI=1S/C27H27ClF3NO4S/c1-4-7-20(28)16-18(2)25-23-8-5-6-9-24(23)26(36-25)14-15-32(19(3)17-26)37(33,34)22-12-10-21(11-13-22)35-27(29,30)31/h4-13,16,19,25H,1,14-15,17H2,2-3H3/b18-16+,20-7+. The van der Waals surface area contributed by atoms with Crippen molar-refractivity contribution >= 4 is 21.6 Å². The SMILES string of the molecule is C=C/C=C(Cl)\C=C(/C)C1OC2(CCN(S(=O)(=O)c3ccc(OC(F)(F)F)cc3)C(C)C2)c2ccccc21. The summed E-state index contributed by atoms with van der Waals surface area (Å²) in [6.45, 7) is 7.59. The monoisotopic (exact) mass is 553 g/mol. The Bertz CT molecular complexity index is 1340. The van der Waals surface area contributed by atoms with Crippen LogP contribution in [0.1, 0.15) is 43.9 Å². The van der Waals surface area contributed by atoms with E-state index < -0.39 is 33.8 Å². The highest BCUT2D eigenvalue weighted by Gasteiger charge is 2.50. The van der Waals surface area contributed by atoms with E-state index in [-0.39, 0.29) is 17.5 Å². The lowest BCUT2D eigenvalue weighted by atomic mass is 9.81. The van der Waals surface area contributed by atoms with E-state index in [0.717, 1.165) is 41.0 Å². The summed E-state index contributed by atoms with van der Waals surface area (Å²) in [6, 6.07) is 11.7. The highest BCUT2D eigenvalue weighted by atomic mass is 35.5. The molecule has 0 bridgehead atoms. The highest BCUT2D eigenvalue weighted by molar-refractivity contribution is 7.89. The van der Waals surface area contributed by atoms with Gasteiger partial charge in [-0.2, -0.15) is 4.31 Å². The first-order chi connectivity index (χ1) is 17.4. The van der Waals surface area contributed by atoms with Gasteiger partial charge in [-0.25, -0.2) is 8.42 Å². The lowest BCUT2D eigenvalue weighted by Gasteiger charge is -2.43. The van der Waals surface area contributed by atoms with Gasteiger partial charge >= 0.3 is 6.36 Å². The number of hydrogen-bond donors (Lipinski definition) is 0. The molecule has 2 aromatic carbocycles. The Kier molecular flexibility index (Phi) is 7.63. The highest BCUT2D eigenvalue weighted by Crippen LogP contribution is 2.53. The van der Waals surface area contributed by atoms with Gasteiger partial charge in [0.25, 0.3) is 0 Å². The molecule has 37 heavy (non-hydrogen) atoms. The fraction of sp³-hybridized carbons (Fsp3) is 0.333. The third-order valence-corrected chi connectivity index (χ3v) is 8.91. The van der Waals surface area contributed by atoms with E-state index in [1.165, 1.54) is 4.31 Å². The number of piperidine rings is 1. The number of halogens is 4. The zero-order chi connectivity index (χ0) is 27.0. The summed E-state index contributed by atoms with van der Waals surface area (Å²) in [6.07, 6.45) is 0.771. The molecule has 0 radical (unpaired) electrons. The van der Waals surface area contributed by atoms with Gasteiger partial charge in [0.15, 0.2) is 0 Å². The smallest absolute Gasteiger partial charge is 0.406 e. The number of nitrogens with zero attached hydrogens (tertiary/aromatic N) is 1. The lowest BCUT2D eigenvalue weighted by molar-refractivity contribution is -0.274. The van der Waals surface area contributed by atoms with Gasteiger partial charge in [0.05, 0.1) is 10.5 Å². The van der Waals surface area contributed by atoms with Crippen LogP contribution < -0.4 is 4.74 Å². The number of benzene rings is 2. The Balaban J connectivity index is 1.58. The molecule has 2 heterocycles. The van der Waals surface area contributed by atoms with Crippen molar-refractivity contribution in [3.63, 3.8) is 0 Å². The van der Waals surface area contributed by atoms with Gasteiger partial charge in [0, 0.05) is 17.6 Å². The number of rotatable bonds is 6. The molecule has 0 aliphatic carbocycles. The fourth-order valence-electron chi connectivity index (χ4n) is 5.13. The third-order valence-electron chi connectivity index (χ3n) is 6.65. The molecule has 0 saturated carbocycles. The van der Waals surface area contributed by atoms with E-state index in [0.29, 0.717) is 17.9 Å². The van der Waals surface area contributed by atoms with Gasteiger partial charge in [-0.3, -0.25) is 0 Å². The summed E-state index contributed by atoms with van der Waals surface area (Å²) in [4.78, 5) is -0.0992. The summed E-state index contributed by atoms with van der Waals surface area (Å²) < 4.78 is 76.1. The second-order valence-electron chi connectivity index (χ2n) is 9.19. The van der Waals surface area contributed by atoms with Crippen molar-refractivity contribution in [3.05, 3.63) is 95.1 Å². The fourth-order valence-corrected chi connectivity index (χ4v) is 7.03. The first-order valence-electron chi connectivity index (χ1n) is 11.7. The average Bonchev–Trinajstić information content (AvgIpc) is 3.12. The molecule has 3 atom stereocenters. The van der Waals surface area contributed by atoms with Crippen LogP contribution in [0.25, 0.3) is 0 Å². The Morgan fingerprint density at radius 3 is 2.51 bits per heavy atom. The maximum atomic E-state index is 13.4.